The van der Waals surface area contributed by atoms with Gasteiger partial charge >= 0.3 is 0 Å². The fourth-order valence-corrected chi connectivity index (χ4v) is 4.29. The predicted octanol–water partition coefficient (Wildman–Crippen LogP) is 3.33. The molecule has 100 valence electrons. The van der Waals surface area contributed by atoms with Crippen LogP contribution < -0.4 is 11.3 Å². The minimum absolute atomic E-state index is 0.438. The summed E-state index contributed by atoms with van der Waals surface area (Å²) in [6.07, 6.45) is 5.49. The van der Waals surface area contributed by atoms with Crippen molar-refractivity contribution in [2.24, 2.45) is 34.4 Å². The topological polar surface area (TPSA) is 38.0 Å². The molecule has 0 aromatic heterocycles. The molecular weight excluding hydrogens is 208 g/mol. The Hall–Kier alpha value is -0.0800. The van der Waals surface area contributed by atoms with Crippen LogP contribution in [0.5, 0.6) is 0 Å². The fourth-order valence-electron chi connectivity index (χ4n) is 4.29. The molecule has 17 heavy (non-hydrogen) atoms. The van der Waals surface area contributed by atoms with Crippen molar-refractivity contribution in [2.75, 3.05) is 0 Å². The van der Waals surface area contributed by atoms with Crippen molar-refractivity contribution in [1.82, 2.24) is 5.43 Å². The molecule has 0 amide bonds. The number of hydrogen-bond donors (Lipinski definition) is 2. The first-order chi connectivity index (χ1) is 7.82. The first-order valence-electron chi connectivity index (χ1n) is 7.28. The maximum absolute atomic E-state index is 5.87. The lowest BCUT2D eigenvalue weighted by molar-refractivity contribution is 0.199. The summed E-state index contributed by atoms with van der Waals surface area (Å²) < 4.78 is 0. The van der Waals surface area contributed by atoms with Gasteiger partial charge in [-0.3, -0.25) is 11.3 Å². The van der Waals surface area contributed by atoms with Crippen molar-refractivity contribution in [2.45, 2.75) is 66.3 Å². The van der Waals surface area contributed by atoms with Crippen LogP contribution in [-0.2, 0) is 0 Å². The summed E-state index contributed by atoms with van der Waals surface area (Å²) in [5.74, 6) is 8.32. The van der Waals surface area contributed by atoms with Gasteiger partial charge in [-0.05, 0) is 41.4 Å². The molecule has 0 bridgehead atoms. The second-order valence-corrected chi connectivity index (χ2v) is 7.63. The van der Waals surface area contributed by atoms with Gasteiger partial charge in [0.25, 0.3) is 0 Å². The zero-order chi connectivity index (χ0) is 12.8. The maximum atomic E-state index is 5.87. The van der Waals surface area contributed by atoms with E-state index in [0.29, 0.717) is 16.9 Å². The molecule has 0 saturated heterocycles. The van der Waals surface area contributed by atoms with Crippen molar-refractivity contribution in [3.8, 4) is 0 Å². The zero-order valence-corrected chi connectivity index (χ0v) is 12.2. The van der Waals surface area contributed by atoms with E-state index < -0.39 is 0 Å². The fraction of sp³-hybridized carbons (Fsp3) is 1.00. The first-order valence-corrected chi connectivity index (χ1v) is 7.28. The van der Waals surface area contributed by atoms with Gasteiger partial charge in [-0.2, -0.15) is 0 Å². The highest BCUT2D eigenvalue weighted by Crippen LogP contribution is 2.70. The average molecular weight is 238 g/mol. The Morgan fingerprint density at radius 1 is 1.00 bits per heavy atom. The Morgan fingerprint density at radius 2 is 1.47 bits per heavy atom. The molecule has 1 atom stereocenters. The number of nitrogens with two attached hydrogens (primary N) is 1. The Bertz CT molecular complexity index is 261. The monoisotopic (exact) mass is 238 g/mol. The van der Waals surface area contributed by atoms with Gasteiger partial charge in [0.2, 0.25) is 0 Å². The Labute approximate surface area is 107 Å². The number of hydrazine groups is 1. The van der Waals surface area contributed by atoms with Gasteiger partial charge in [-0.1, -0.05) is 47.5 Å². The third-order valence-corrected chi connectivity index (χ3v) is 6.25. The third kappa shape index (κ3) is 2.04. The number of nitrogens with one attached hydrogen (secondary N) is 1. The molecule has 0 spiro atoms. The smallest absolute Gasteiger partial charge is 0.0277 e. The molecule has 2 aliphatic rings. The normalized spacial score (nSPS) is 37.8. The van der Waals surface area contributed by atoms with Gasteiger partial charge in [0.05, 0.1) is 0 Å². The molecule has 2 nitrogen and oxygen atoms in total. The highest BCUT2D eigenvalue weighted by atomic mass is 15.2. The van der Waals surface area contributed by atoms with Crippen LogP contribution in [0.15, 0.2) is 0 Å². The predicted molar refractivity (Wildman–Crippen MR) is 73.3 cm³/mol. The lowest BCUT2D eigenvalue weighted by atomic mass is 9.77. The largest absolute Gasteiger partial charge is 0.271 e. The maximum Gasteiger partial charge on any atom is 0.0277 e. The lowest BCUT2D eigenvalue weighted by Crippen LogP contribution is -2.45. The molecule has 2 saturated carbocycles. The highest BCUT2D eigenvalue weighted by molar-refractivity contribution is 5.17. The van der Waals surface area contributed by atoms with E-state index in [1.54, 1.807) is 0 Å². The summed E-state index contributed by atoms with van der Waals surface area (Å²) in [6, 6.07) is 0.521. The summed E-state index contributed by atoms with van der Waals surface area (Å²) in [5.41, 5.74) is 4.03. The summed E-state index contributed by atoms with van der Waals surface area (Å²) in [4.78, 5) is 0. The molecular formula is C15H30N2. The summed E-state index contributed by atoms with van der Waals surface area (Å²) in [6.45, 7) is 12.0. The number of rotatable bonds is 3. The van der Waals surface area contributed by atoms with Gasteiger partial charge in [0.1, 0.15) is 0 Å². The summed E-state index contributed by atoms with van der Waals surface area (Å²) in [7, 11) is 0. The van der Waals surface area contributed by atoms with Crippen LogP contribution in [0.1, 0.15) is 60.3 Å². The van der Waals surface area contributed by atoms with Gasteiger partial charge < -0.3 is 0 Å². The molecule has 0 aromatic rings. The van der Waals surface area contributed by atoms with Crippen LogP contribution in [-0.4, -0.2) is 6.04 Å². The molecule has 0 aromatic carbocycles. The van der Waals surface area contributed by atoms with Crippen molar-refractivity contribution in [3.63, 3.8) is 0 Å². The number of hydrogen-bond acceptors (Lipinski definition) is 2. The zero-order valence-electron chi connectivity index (χ0n) is 12.2. The Balaban J connectivity index is 2.04. The van der Waals surface area contributed by atoms with E-state index in [9.17, 15) is 0 Å². The molecule has 2 heteroatoms. The molecule has 0 radical (unpaired) electrons. The second-order valence-electron chi connectivity index (χ2n) is 7.63. The van der Waals surface area contributed by atoms with Gasteiger partial charge in [0.15, 0.2) is 0 Å². The van der Waals surface area contributed by atoms with E-state index in [1.807, 2.05) is 0 Å². The van der Waals surface area contributed by atoms with Crippen molar-refractivity contribution >= 4 is 0 Å². The summed E-state index contributed by atoms with van der Waals surface area (Å²) in [5, 5.41) is 0. The molecule has 2 aliphatic carbocycles. The molecule has 3 N–H and O–H groups in total. The van der Waals surface area contributed by atoms with Gasteiger partial charge in [-0.15, -0.1) is 0 Å². The van der Waals surface area contributed by atoms with Crippen LogP contribution in [0.3, 0.4) is 0 Å². The molecule has 2 rings (SSSR count). The minimum atomic E-state index is 0.438. The molecule has 0 aliphatic heterocycles. The van der Waals surface area contributed by atoms with Crippen LogP contribution in [0, 0.1) is 28.6 Å². The van der Waals surface area contributed by atoms with E-state index in [4.69, 9.17) is 5.84 Å². The van der Waals surface area contributed by atoms with E-state index >= 15 is 0 Å². The second kappa shape index (κ2) is 4.24. The Morgan fingerprint density at radius 3 is 1.82 bits per heavy atom. The van der Waals surface area contributed by atoms with Crippen LogP contribution >= 0.6 is 0 Å². The minimum Gasteiger partial charge on any atom is -0.271 e. The van der Waals surface area contributed by atoms with Crippen molar-refractivity contribution < 1.29 is 0 Å². The van der Waals surface area contributed by atoms with Gasteiger partial charge in [-0.25, -0.2) is 0 Å². The SMILES string of the molecule is CC1CCC(C(NN)C2C(C)(C)C2(C)C)CC1. The standard InChI is InChI=1S/C15H30N2/c1-10-6-8-11(9-7-10)12(17-16)13-14(2,3)15(13,4)5/h10-13,17H,6-9,16H2,1-5H3. The lowest BCUT2D eigenvalue weighted by Gasteiger charge is -2.33. The first kappa shape index (κ1) is 13.4. The third-order valence-electron chi connectivity index (χ3n) is 6.25. The summed E-state index contributed by atoms with van der Waals surface area (Å²) >= 11 is 0. The molecule has 0 heterocycles. The van der Waals surface area contributed by atoms with Crippen LogP contribution in [0.25, 0.3) is 0 Å². The van der Waals surface area contributed by atoms with E-state index in [0.717, 1.165) is 17.8 Å². The van der Waals surface area contributed by atoms with Crippen molar-refractivity contribution in [3.05, 3.63) is 0 Å². The van der Waals surface area contributed by atoms with E-state index in [2.05, 4.69) is 40.0 Å². The van der Waals surface area contributed by atoms with Crippen molar-refractivity contribution in [1.29, 1.82) is 0 Å². The quantitative estimate of drug-likeness (QED) is 0.584. The molecule has 1 unspecified atom stereocenters. The van der Waals surface area contributed by atoms with Crippen LogP contribution in [0.4, 0.5) is 0 Å². The van der Waals surface area contributed by atoms with Gasteiger partial charge in [0, 0.05) is 6.04 Å². The molecule has 2 fully saturated rings. The van der Waals surface area contributed by atoms with Crippen LogP contribution in [0.2, 0.25) is 0 Å². The Kier molecular flexibility index (Phi) is 3.33. The van der Waals surface area contributed by atoms with E-state index in [-0.39, 0.29) is 0 Å². The average Bonchev–Trinajstić information content (AvgIpc) is 2.65. The van der Waals surface area contributed by atoms with E-state index in [1.165, 1.54) is 25.7 Å². The highest BCUT2D eigenvalue weighted by Gasteiger charge is 2.67.